The highest BCUT2D eigenvalue weighted by Crippen LogP contribution is 2.27. The van der Waals surface area contributed by atoms with E-state index in [1.165, 1.54) is 22.5 Å². The monoisotopic (exact) mass is 459 g/mol. The van der Waals surface area contributed by atoms with Gasteiger partial charge in [0.25, 0.3) is 0 Å². The van der Waals surface area contributed by atoms with Crippen LogP contribution in [0.15, 0.2) is 77.8 Å². The average Bonchev–Trinajstić information content (AvgIpc) is 2.87. The summed E-state index contributed by atoms with van der Waals surface area (Å²) in [6, 6.07) is 24.1. The fraction of sp³-hybridized carbons (Fsp3) is 0.192. The zero-order valence-electron chi connectivity index (χ0n) is 18.6. The van der Waals surface area contributed by atoms with E-state index >= 15 is 0 Å². The Bertz CT molecular complexity index is 1250. The number of carbonyl (C=O) groups excluding carboxylic acids is 1. The average molecular weight is 460 g/mol. The minimum atomic E-state index is -0.0408. The lowest BCUT2D eigenvalue weighted by Crippen LogP contribution is -2.27. The van der Waals surface area contributed by atoms with Gasteiger partial charge in [-0.25, -0.2) is 0 Å². The van der Waals surface area contributed by atoms with Crippen LogP contribution in [-0.4, -0.2) is 42.6 Å². The van der Waals surface area contributed by atoms with E-state index in [1.807, 2.05) is 48.5 Å². The number of fused-ring (bicyclic) bond motifs is 1. The molecule has 0 aliphatic rings. The van der Waals surface area contributed by atoms with Gasteiger partial charge < -0.3 is 14.8 Å². The Kier molecular flexibility index (Phi) is 7.42. The summed E-state index contributed by atoms with van der Waals surface area (Å²) < 4.78 is 10.6. The van der Waals surface area contributed by atoms with Gasteiger partial charge in [-0.3, -0.25) is 4.79 Å². The van der Waals surface area contributed by atoms with Crippen molar-refractivity contribution in [1.29, 1.82) is 0 Å². The van der Waals surface area contributed by atoms with Gasteiger partial charge in [0, 0.05) is 12.1 Å². The Morgan fingerprint density at radius 2 is 1.70 bits per heavy atom. The van der Waals surface area contributed by atoms with Gasteiger partial charge >= 0.3 is 0 Å². The molecule has 3 aromatic carbocycles. The highest BCUT2D eigenvalue weighted by atomic mass is 32.2. The van der Waals surface area contributed by atoms with E-state index in [0.717, 1.165) is 21.8 Å². The van der Waals surface area contributed by atoms with Crippen LogP contribution >= 0.6 is 11.8 Å². The molecule has 168 valence electrons. The summed E-state index contributed by atoms with van der Waals surface area (Å²) >= 11 is 1.37. The molecule has 4 rings (SSSR count). The molecule has 1 amide bonds. The number of benzene rings is 3. The normalized spacial score (nSPS) is 10.7. The number of ether oxygens (including phenoxy) is 2. The molecule has 0 bridgehead atoms. The van der Waals surface area contributed by atoms with Crippen molar-refractivity contribution >= 4 is 28.4 Å². The van der Waals surface area contributed by atoms with E-state index < -0.39 is 0 Å². The molecule has 0 spiro atoms. The van der Waals surface area contributed by atoms with Crippen molar-refractivity contribution in [3.05, 3.63) is 78.4 Å². The molecule has 0 radical (unpaired) electrons. The van der Waals surface area contributed by atoms with Crippen molar-refractivity contribution in [2.45, 2.75) is 11.4 Å². The molecule has 0 saturated heterocycles. The number of nitrogens with zero attached hydrogens (tertiary/aromatic N) is 2. The molecule has 0 aliphatic carbocycles. The lowest BCUT2D eigenvalue weighted by atomic mass is 10.1. The number of aromatic nitrogens is 2. The van der Waals surface area contributed by atoms with Gasteiger partial charge in [-0.05, 0) is 53.1 Å². The molecule has 0 unspecified atom stereocenters. The fourth-order valence-corrected chi connectivity index (χ4v) is 4.12. The summed E-state index contributed by atoms with van der Waals surface area (Å²) in [6.07, 6.45) is 0.705. The number of hydrogen-bond donors (Lipinski definition) is 1. The Balaban J connectivity index is 1.26. The third-order valence-electron chi connectivity index (χ3n) is 5.22. The Morgan fingerprint density at radius 3 is 2.45 bits per heavy atom. The maximum absolute atomic E-state index is 12.2. The predicted molar refractivity (Wildman–Crippen MR) is 132 cm³/mol. The summed E-state index contributed by atoms with van der Waals surface area (Å²) in [5, 5.41) is 14.6. The van der Waals surface area contributed by atoms with Gasteiger partial charge in [-0.1, -0.05) is 54.2 Å². The fourth-order valence-electron chi connectivity index (χ4n) is 3.47. The zero-order chi connectivity index (χ0) is 23.0. The van der Waals surface area contributed by atoms with Crippen LogP contribution in [0.2, 0.25) is 0 Å². The SMILES string of the molecule is COc1ccc(CCNC(=O)CSc2ccc(-c3ccc4ccccc4c3)nn2)cc1OC. The smallest absolute Gasteiger partial charge is 0.230 e. The van der Waals surface area contributed by atoms with E-state index in [4.69, 9.17) is 9.47 Å². The standard InChI is InChI=1S/C26H25N3O3S/c1-31-23-11-7-18(15-24(23)32-2)13-14-27-25(30)17-33-26-12-10-22(28-29-26)21-9-8-19-5-3-4-6-20(19)16-21/h3-12,15-16H,13-14,17H2,1-2H3,(H,27,30). The number of rotatable bonds is 9. The number of hydrogen-bond acceptors (Lipinski definition) is 6. The second kappa shape index (κ2) is 10.8. The van der Waals surface area contributed by atoms with Gasteiger partial charge in [-0.2, -0.15) is 0 Å². The van der Waals surface area contributed by atoms with Crippen molar-refractivity contribution in [3.63, 3.8) is 0 Å². The lowest BCUT2D eigenvalue weighted by molar-refractivity contribution is -0.118. The molecule has 4 aromatic rings. The number of nitrogens with one attached hydrogen (secondary N) is 1. The van der Waals surface area contributed by atoms with Crippen LogP contribution in [0.4, 0.5) is 0 Å². The summed E-state index contributed by atoms with van der Waals surface area (Å²) in [5.74, 6) is 1.62. The minimum Gasteiger partial charge on any atom is -0.493 e. The minimum absolute atomic E-state index is 0.0408. The number of thioether (sulfide) groups is 1. The molecule has 1 N–H and O–H groups in total. The van der Waals surface area contributed by atoms with E-state index in [9.17, 15) is 4.79 Å². The molecule has 33 heavy (non-hydrogen) atoms. The first kappa shape index (κ1) is 22.6. The first-order chi connectivity index (χ1) is 16.2. The first-order valence-corrected chi connectivity index (χ1v) is 11.6. The molecular formula is C26H25N3O3S. The molecule has 1 aromatic heterocycles. The zero-order valence-corrected chi connectivity index (χ0v) is 19.4. The van der Waals surface area contributed by atoms with Gasteiger partial charge in [-0.15, -0.1) is 10.2 Å². The van der Waals surface area contributed by atoms with Crippen LogP contribution in [0.1, 0.15) is 5.56 Å². The maximum atomic E-state index is 12.2. The Labute approximate surface area is 197 Å². The molecule has 0 saturated carbocycles. The van der Waals surface area contributed by atoms with Crippen molar-refractivity contribution in [3.8, 4) is 22.8 Å². The van der Waals surface area contributed by atoms with Crippen LogP contribution in [-0.2, 0) is 11.2 Å². The molecular weight excluding hydrogens is 434 g/mol. The van der Waals surface area contributed by atoms with Gasteiger partial charge in [0.2, 0.25) is 5.91 Å². The maximum Gasteiger partial charge on any atom is 0.230 e. The van der Waals surface area contributed by atoms with Crippen molar-refractivity contribution in [1.82, 2.24) is 15.5 Å². The molecule has 7 heteroatoms. The highest BCUT2D eigenvalue weighted by molar-refractivity contribution is 7.99. The molecule has 0 aliphatic heterocycles. The predicted octanol–water partition coefficient (Wildman–Crippen LogP) is 4.77. The largest absolute Gasteiger partial charge is 0.493 e. The first-order valence-electron chi connectivity index (χ1n) is 10.6. The quantitative estimate of drug-likeness (QED) is 0.364. The summed E-state index contributed by atoms with van der Waals surface area (Å²) in [4.78, 5) is 12.2. The third kappa shape index (κ3) is 5.81. The Morgan fingerprint density at radius 1 is 0.879 bits per heavy atom. The topological polar surface area (TPSA) is 73.3 Å². The van der Waals surface area contributed by atoms with Gasteiger partial charge in [0.15, 0.2) is 11.5 Å². The lowest BCUT2D eigenvalue weighted by Gasteiger charge is -2.10. The number of carbonyl (C=O) groups is 1. The van der Waals surface area contributed by atoms with Crippen molar-refractivity contribution < 1.29 is 14.3 Å². The van der Waals surface area contributed by atoms with E-state index in [1.54, 1.807) is 14.2 Å². The van der Waals surface area contributed by atoms with Crippen LogP contribution in [0, 0.1) is 0 Å². The second-order valence-electron chi connectivity index (χ2n) is 7.40. The molecule has 0 atom stereocenters. The van der Waals surface area contributed by atoms with Gasteiger partial charge in [0.05, 0.1) is 25.7 Å². The molecule has 1 heterocycles. The van der Waals surface area contributed by atoms with Crippen LogP contribution in [0.25, 0.3) is 22.0 Å². The molecule has 0 fully saturated rings. The van der Waals surface area contributed by atoms with Crippen molar-refractivity contribution in [2.24, 2.45) is 0 Å². The summed E-state index contributed by atoms with van der Waals surface area (Å²) in [5.41, 5.74) is 2.89. The van der Waals surface area contributed by atoms with E-state index in [2.05, 4.69) is 39.8 Å². The van der Waals surface area contributed by atoms with Crippen LogP contribution in [0.3, 0.4) is 0 Å². The van der Waals surface area contributed by atoms with Gasteiger partial charge in [0.1, 0.15) is 5.03 Å². The van der Waals surface area contributed by atoms with E-state index in [-0.39, 0.29) is 11.7 Å². The Hall–Kier alpha value is -3.58. The molecule has 6 nitrogen and oxygen atoms in total. The van der Waals surface area contributed by atoms with Crippen molar-refractivity contribution in [2.75, 3.05) is 26.5 Å². The number of methoxy groups -OCH3 is 2. The second-order valence-corrected chi connectivity index (χ2v) is 8.39. The summed E-state index contributed by atoms with van der Waals surface area (Å²) in [7, 11) is 3.22. The number of amides is 1. The van der Waals surface area contributed by atoms with E-state index in [0.29, 0.717) is 24.5 Å². The van der Waals surface area contributed by atoms with Crippen LogP contribution in [0.5, 0.6) is 11.5 Å². The third-order valence-corrected chi connectivity index (χ3v) is 6.14. The highest BCUT2D eigenvalue weighted by Gasteiger charge is 2.08. The summed E-state index contributed by atoms with van der Waals surface area (Å²) in [6.45, 7) is 0.543. The van der Waals surface area contributed by atoms with Crippen LogP contribution < -0.4 is 14.8 Å².